The molecule has 0 aliphatic heterocycles. The fourth-order valence-corrected chi connectivity index (χ4v) is 3.18. The first-order valence-corrected chi connectivity index (χ1v) is 9.22. The first-order chi connectivity index (χ1) is 13.3. The van der Waals surface area contributed by atoms with Crippen molar-refractivity contribution < 1.29 is 23.8 Å². The van der Waals surface area contributed by atoms with Crippen molar-refractivity contribution >= 4 is 11.9 Å². The molecule has 0 bridgehead atoms. The van der Waals surface area contributed by atoms with E-state index in [2.05, 4.69) is 0 Å². The summed E-state index contributed by atoms with van der Waals surface area (Å²) in [5.41, 5.74) is 2.22. The van der Waals surface area contributed by atoms with Crippen LogP contribution in [0.15, 0.2) is 48.5 Å². The molecule has 0 amide bonds. The van der Waals surface area contributed by atoms with Gasteiger partial charge in [-0.2, -0.15) is 0 Å². The quantitative estimate of drug-likeness (QED) is 0.659. The Bertz CT molecular complexity index is 805. The standard InChI is InChI=1S/C23H28O5/c1-23(2,3)28-20(24)14-19(16-10-7-6-8-11-16)18-13-9-12-17(15-26-4)21(18)22(25)27-5/h6-13,19H,14-15H2,1-5H3. The second-order valence-electron chi connectivity index (χ2n) is 7.56. The predicted octanol–water partition coefficient (Wildman–Crippen LogP) is 4.48. The van der Waals surface area contributed by atoms with Crippen molar-refractivity contribution in [1.82, 2.24) is 0 Å². The van der Waals surface area contributed by atoms with Gasteiger partial charge in [0.05, 0.1) is 25.7 Å². The fourth-order valence-electron chi connectivity index (χ4n) is 3.18. The normalized spacial score (nSPS) is 12.3. The molecule has 0 fully saturated rings. The molecule has 1 unspecified atom stereocenters. The zero-order chi connectivity index (χ0) is 20.7. The Morgan fingerprint density at radius 2 is 1.64 bits per heavy atom. The van der Waals surface area contributed by atoms with Gasteiger partial charge in [0.25, 0.3) is 0 Å². The van der Waals surface area contributed by atoms with Crippen molar-refractivity contribution in [2.75, 3.05) is 14.2 Å². The van der Waals surface area contributed by atoms with E-state index in [1.54, 1.807) is 7.11 Å². The van der Waals surface area contributed by atoms with Crippen LogP contribution in [0.25, 0.3) is 0 Å². The molecule has 150 valence electrons. The lowest BCUT2D eigenvalue weighted by Gasteiger charge is -2.24. The third-order valence-electron chi connectivity index (χ3n) is 4.24. The highest BCUT2D eigenvalue weighted by atomic mass is 16.6. The number of rotatable bonds is 7. The molecule has 0 aromatic heterocycles. The number of methoxy groups -OCH3 is 2. The molecule has 0 aliphatic rings. The van der Waals surface area contributed by atoms with E-state index in [4.69, 9.17) is 14.2 Å². The molecule has 1 atom stereocenters. The molecular weight excluding hydrogens is 356 g/mol. The molecule has 28 heavy (non-hydrogen) atoms. The van der Waals surface area contributed by atoms with Gasteiger partial charge in [0, 0.05) is 13.0 Å². The van der Waals surface area contributed by atoms with Gasteiger partial charge in [0.2, 0.25) is 0 Å². The summed E-state index contributed by atoms with van der Waals surface area (Å²) < 4.78 is 15.8. The van der Waals surface area contributed by atoms with E-state index in [0.717, 1.165) is 16.7 Å². The smallest absolute Gasteiger partial charge is 0.338 e. The van der Waals surface area contributed by atoms with Crippen molar-refractivity contribution in [2.24, 2.45) is 0 Å². The van der Waals surface area contributed by atoms with Crippen LogP contribution >= 0.6 is 0 Å². The van der Waals surface area contributed by atoms with Gasteiger partial charge in [-0.1, -0.05) is 48.5 Å². The second kappa shape index (κ2) is 9.51. The van der Waals surface area contributed by atoms with E-state index in [9.17, 15) is 9.59 Å². The van der Waals surface area contributed by atoms with Crippen LogP contribution in [0.4, 0.5) is 0 Å². The number of carbonyl (C=O) groups excluding carboxylic acids is 2. The number of hydrogen-bond acceptors (Lipinski definition) is 5. The van der Waals surface area contributed by atoms with Gasteiger partial charge in [0.15, 0.2) is 0 Å². The topological polar surface area (TPSA) is 61.8 Å². The Labute approximate surface area is 166 Å². The minimum atomic E-state index is -0.582. The van der Waals surface area contributed by atoms with Gasteiger partial charge in [-0.3, -0.25) is 4.79 Å². The van der Waals surface area contributed by atoms with Crippen LogP contribution in [0.2, 0.25) is 0 Å². The largest absolute Gasteiger partial charge is 0.465 e. The molecule has 0 spiro atoms. The summed E-state index contributed by atoms with van der Waals surface area (Å²) in [4.78, 5) is 25.2. The van der Waals surface area contributed by atoms with E-state index < -0.39 is 11.6 Å². The summed E-state index contributed by atoms with van der Waals surface area (Å²) in [5.74, 6) is -1.12. The van der Waals surface area contributed by atoms with Crippen LogP contribution in [0.1, 0.15) is 60.2 Å². The van der Waals surface area contributed by atoms with Gasteiger partial charge in [-0.25, -0.2) is 4.79 Å². The highest BCUT2D eigenvalue weighted by Crippen LogP contribution is 2.33. The molecule has 5 heteroatoms. The molecule has 2 rings (SSSR count). The number of hydrogen-bond donors (Lipinski definition) is 0. The fraction of sp³-hybridized carbons (Fsp3) is 0.391. The monoisotopic (exact) mass is 384 g/mol. The summed E-state index contributed by atoms with van der Waals surface area (Å²) in [5, 5.41) is 0. The Kier molecular flexibility index (Phi) is 7.35. The van der Waals surface area contributed by atoms with E-state index in [1.165, 1.54) is 7.11 Å². The SMILES string of the molecule is COCc1cccc(C(CC(=O)OC(C)(C)C)c2ccccc2)c1C(=O)OC. The highest BCUT2D eigenvalue weighted by molar-refractivity contribution is 5.93. The molecule has 0 saturated carbocycles. The maximum atomic E-state index is 12.6. The highest BCUT2D eigenvalue weighted by Gasteiger charge is 2.28. The summed E-state index contributed by atoms with van der Waals surface area (Å²) in [7, 11) is 2.92. The Morgan fingerprint density at radius 3 is 2.21 bits per heavy atom. The first kappa shape index (κ1) is 21.6. The van der Waals surface area contributed by atoms with Crippen molar-refractivity contribution in [3.05, 3.63) is 70.8 Å². The van der Waals surface area contributed by atoms with Crippen molar-refractivity contribution in [1.29, 1.82) is 0 Å². The van der Waals surface area contributed by atoms with E-state index in [0.29, 0.717) is 5.56 Å². The Morgan fingerprint density at radius 1 is 0.964 bits per heavy atom. The van der Waals surface area contributed by atoms with Crippen LogP contribution in [-0.2, 0) is 25.6 Å². The van der Waals surface area contributed by atoms with E-state index in [-0.39, 0.29) is 24.9 Å². The maximum Gasteiger partial charge on any atom is 0.338 e. The lowest BCUT2D eigenvalue weighted by Crippen LogP contribution is -2.25. The molecule has 2 aromatic rings. The summed E-state index contributed by atoms with van der Waals surface area (Å²) in [6.45, 7) is 5.77. The molecule has 0 N–H and O–H groups in total. The molecule has 0 aliphatic carbocycles. The Hall–Kier alpha value is -2.66. The number of ether oxygens (including phenoxy) is 3. The van der Waals surface area contributed by atoms with Crippen LogP contribution in [0.5, 0.6) is 0 Å². The van der Waals surface area contributed by atoms with Crippen LogP contribution in [0, 0.1) is 0 Å². The van der Waals surface area contributed by atoms with Gasteiger partial charge < -0.3 is 14.2 Å². The average Bonchev–Trinajstić information content (AvgIpc) is 2.65. The van der Waals surface area contributed by atoms with E-state index in [1.807, 2.05) is 69.3 Å². The molecule has 0 radical (unpaired) electrons. The third kappa shape index (κ3) is 5.67. The van der Waals surface area contributed by atoms with Crippen molar-refractivity contribution in [2.45, 2.75) is 45.3 Å². The lowest BCUT2D eigenvalue weighted by molar-refractivity contribution is -0.155. The summed E-state index contributed by atoms with van der Waals surface area (Å²) in [6.07, 6.45) is 0.113. The zero-order valence-corrected chi connectivity index (χ0v) is 17.2. The average molecular weight is 384 g/mol. The van der Waals surface area contributed by atoms with Crippen molar-refractivity contribution in [3.8, 4) is 0 Å². The lowest BCUT2D eigenvalue weighted by atomic mass is 9.84. The maximum absolute atomic E-state index is 12.6. The number of esters is 2. The minimum absolute atomic E-state index is 0.113. The predicted molar refractivity (Wildman–Crippen MR) is 107 cm³/mol. The van der Waals surface area contributed by atoms with Gasteiger partial charge >= 0.3 is 11.9 Å². The number of benzene rings is 2. The van der Waals surface area contributed by atoms with Crippen LogP contribution < -0.4 is 0 Å². The zero-order valence-electron chi connectivity index (χ0n) is 17.2. The summed E-state index contributed by atoms with van der Waals surface area (Å²) >= 11 is 0. The molecule has 0 saturated heterocycles. The van der Waals surface area contributed by atoms with Gasteiger partial charge in [-0.05, 0) is 37.5 Å². The van der Waals surface area contributed by atoms with Gasteiger partial charge in [0.1, 0.15) is 5.60 Å². The second-order valence-corrected chi connectivity index (χ2v) is 7.56. The summed E-state index contributed by atoms with van der Waals surface area (Å²) in [6, 6.07) is 15.2. The number of carbonyl (C=O) groups is 2. The molecule has 5 nitrogen and oxygen atoms in total. The first-order valence-electron chi connectivity index (χ1n) is 9.22. The van der Waals surface area contributed by atoms with Crippen LogP contribution in [0.3, 0.4) is 0 Å². The molecular formula is C23H28O5. The van der Waals surface area contributed by atoms with Crippen LogP contribution in [-0.4, -0.2) is 31.8 Å². The molecule has 2 aromatic carbocycles. The van der Waals surface area contributed by atoms with E-state index >= 15 is 0 Å². The Balaban J connectivity index is 2.56. The molecule has 0 heterocycles. The van der Waals surface area contributed by atoms with Gasteiger partial charge in [-0.15, -0.1) is 0 Å². The minimum Gasteiger partial charge on any atom is -0.465 e. The van der Waals surface area contributed by atoms with Crippen molar-refractivity contribution in [3.63, 3.8) is 0 Å². The third-order valence-corrected chi connectivity index (χ3v) is 4.24.